The van der Waals surface area contributed by atoms with Gasteiger partial charge in [-0.2, -0.15) is 0 Å². The number of carbonyl (C=O) groups is 2. The van der Waals surface area contributed by atoms with E-state index >= 15 is 0 Å². The number of aromatic nitrogens is 1. The largest absolute Gasteiger partial charge is 0.457 e. The zero-order valence-corrected chi connectivity index (χ0v) is 18.4. The van der Waals surface area contributed by atoms with Crippen LogP contribution in [0.1, 0.15) is 81.3 Å². The van der Waals surface area contributed by atoms with Gasteiger partial charge in [0.05, 0.1) is 0 Å². The number of aryl methyl sites for hydroxylation is 1. The molecule has 0 aliphatic heterocycles. The second-order valence-electron chi connectivity index (χ2n) is 10.6. The molecular weight excluding hydrogens is 374 g/mol. The zero-order valence-electron chi connectivity index (χ0n) is 18.4. The molecule has 0 amide bonds. The quantitative estimate of drug-likeness (QED) is 0.483. The molecule has 0 saturated heterocycles. The van der Waals surface area contributed by atoms with Gasteiger partial charge in [0.1, 0.15) is 11.9 Å². The summed E-state index contributed by atoms with van der Waals surface area (Å²) in [4.78, 5) is 29.5. The summed E-state index contributed by atoms with van der Waals surface area (Å²) in [6.07, 6.45) is 12.0. The van der Waals surface area contributed by atoms with Gasteiger partial charge in [-0.1, -0.05) is 31.6 Å². The maximum Gasteiger partial charge on any atom is 0.357 e. The Morgan fingerprint density at radius 2 is 1.90 bits per heavy atom. The third-order valence-corrected chi connectivity index (χ3v) is 9.24. The Labute approximate surface area is 179 Å². The van der Waals surface area contributed by atoms with Crippen LogP contribution in [0.25, 0.3) is 0 Å². The molecule has 0 spiro atoms. The van der Waals surface area contributed by atoms with Crippen molar-refractivity contribution < 1.29 is 14.3 Å². The van der Waals surface area contributed by atoms with Gasteiger partial charge < -0.3 is 4.74 Å². The van der Waals surface area contributed by atoms with Crippen LogP contribution in [0.15, 0.2) is 30.0 Å². The van der Waals surface area contributed by atoms with E-state index in [1.54, 1.807) is 6.20 Å². The number of ether oxygens (including phenoxy) is 1. The van der Waals surface area contributed by atoms with E-state index < -0.39 is 0 Å². The summed E-state index contributed by atoms with van der Waals surface area (Å²) in [6.45, 7) is 6.58. The number of esters is 1. The van der Waals surface area contributed by atoms with Crippen molar-refractivity contribution in [1.82, 2.24) is 4.98 Å². The first-order valence-electron chi connectivity index (χ1n) is 11.7. The number of hydrogen-bond acceptors (Lipinski definition) is 4. The standard InChI is InChI=1S/C26H33NO3/c1-16-5-4-14-27-23(16)24(29)30-18-10-12-25(2)17(15-18)6-7-19-20-8-9-22(28)26(20,3)13-11-21(19)25/h4-6,14,18-21H,7-13,15H2,1-3H3/t18-,19-,20-,21-,25-,26-/m0/s1. The minimum atomic E-state index is -0.297. The van der Waals surface area contributed by atoms with Crippen molar-refractivity contribution in [3.8, 4) is 0 Å². The Morgan fingerprint density at radius 3 is 2.70 bits per heavy atom. The lowest BCUT2D eigenvalue weighted by atomic mass is 9.48. The topological polar surface area (TPSA) is 56.3 Å². The summed E-state index contributed by atoms with van der Waals surface area (Å²) >= 11 is 0. The van der Waals surface area contributed by atoms with Crippen LogP contribution in [-0.4, -0.2) is 22.8 Å². The molecule has 4 nitrogen and oxygen atoms in total. The number of rotatable bonds is 2. The van der Waals surface area contributed by atoms with E-state index in [4.69, 9.17) is 4.74 Å². The summed E-state index contributed by atoms with van der Waals surface area (Å²) in [6, 6.07) is 3.74. The molecule has 30 heavy (non-hydrogen) atoms. The molecule has 0 radical (unpaired) electrons. The first-order valence-corrected chi connectivity index (χ1v) is 11.7. The molecule has 4 heteroatoms. The van der Waals surface area contributed by atoms with Crippen LogP contribution in [0.5, 0.6) is 0 Å². The minimum absolute atomic E-state index is 0.0586. The molecule has 0 N–H and O–H groups in total. The summed E-state index contributed by atoms with van der Waals surface area (Å²) in [5.74, 6) is 2.07. The maximum atomic E-state index is 12.7. The first-order chi connectivity index (χ1) is 14.3. The minimum Gasteiger partial charge on any atom is -0.457 e. The molecule has 6 atom stereocenters. The fraction of sp³-hybridized carbons (Fsp3) is 0.654. The summed E-state index contributed by atoms with van der Waals surface area (Å²) in [5, 5.41) is 0. The molecule has 1 aromatic heterocycles. The van der Waals surface area contributed by atoms with Gasteiger partial charge in [0.25, 0.3) is 0 Å². The number of Topliss-reactive ketones (excluding diaryl/α,β-unsaturated/α-hetero) is 1. The predicted octanol–water partition coefficient (Wildman–Crippen LogP) is 5.45. The van der Waals surface area contributed by atoms with E-state index in [9.17, 15) is 9.59 Å². The monoisotopic (exact) mass is 407 g/mol. The average Bonchev–Trinajstić information content (AvgIpc) is 3.03. The molecular formula is C26H33NO3. The molecule has 160 valence electrons. The van der Waals surface area contributed by atoms with Crippen molar-refractivity contribution in [3.63, 3.8) is 0 Å². The molecule has 0 aromatic carbocycles. The van der Waals surface area contributed by atoms with Crippen molar-refractivity contribution in [2.24, 2.45) is 28.6 Å². The summed E-state index contributed by atoms with van der Waals surface area (Å²) in [7, 11) is 0. The lowest BCUT2D eigenvalue weighted by Gasteiger charge is -2.56. The number of pyridine rings is 1. The van der Waals surface area contributed by atoms with E-state index in [1.807, 2.05) is 19.1 Å². The third-order valence-electron chi connectivity index (χ3n) is 9.24. The normalized spacial score (nSPS) is 40.1. The van der Waals surface area contributed by atoms with Gasteiger partial charge in [-0.3, -0.25) is 4.79 Å². The van der Waals surface area contributed by atoms with E-state index in [2.05, 4.69) is 24.9 Å². The summed E-state index contributed by atoms with van der Waals surface area (Å²) in [5.41, 5.74) is 2.90. The van der Waals surface area contributed by atoms with Crippen molar-refractivity contribution in [2.75, 3.05) is 0 Å². The average molecular weight is 408 g/mol. The van der Waals surface area contributed by atoms with Crippen LogP contribution in [0.4, 0.5) is 0 Å². The highest BCUT2D eigenvalue weighted by Crippen LogP contribution is 2.64. The van der Waals surface area contributed by atoms with Crippen molar-refractivity contribution >= 4 is 11.8 Å². The maximum absolute atomic E-state index is 12.7. The molecule has 0 unspecified atom stereocenters. The van der Waals surface area contributed by atoms with Gasteiger partial charge in [0.2, 0.25) is 0 Å². The second kappa shape index (κ2) is 7.03. The smallest absolute Gasteiger partial charge is 0.357 e. The molecule has 4 aliphatic rings. The van der Waals surface area contributed by atoms with E-state index in [0.717, 1.165) is 56.9 Å². The number of fused-ring (bicyclic) bond motifs is 5. The number of allylic oxidation sites excluding steroid dienone is 1. The lowest BCUT2D eigenvalue weighted by molar-refractivity contribution is -0.132. The Balaban J connectivity index is 1.33. The fourth-order valence-corrected chi connectivity index (χ4v) is 7.41. The van der Waals surface area contributed by atoms with Gasteiger partial charge in [-0.05, 0) is 80.2 Å². The lowest BCUT2D eigenvalue weighted by Crippen LogP contribution is -2.50. The third kappa shape index (κ3) is 2.90. The van der Waals surface area contributed by atoms with E-state index in [0.29, 0.717) is 29.2 Å². The van der Waals surface area contributed by atoms with E-state index in [1.165, 1.54) is 5.57 Å². The second-order valence-corrected chi connectivity index (χ2v) is 10.6. The van der Waals surface area contributed by atoms with Crippen LogP contribution in [0, 0.1) is 35.5 Å². The van der Waals surface area contributed by atoms with Crippen LogP contribution < -0.4 is 0 Å². The van der Waals surface area contributed by atoms with Crippen LogP contribution in [0.2, 0.25) is 0 Å². The van der Waals surface area contributed by atoms with Crippen LogP contribution in [0.3, 0.4) is 0 Å². The van der Waals surface area contributed by atoms with Crippen LogP contribution in [-0.2, 0) is 9.53 Å². The molecule has 0 bridgehead atoms. The van der Waals surface area contributed by atoms with Crippen molar-refractivity contribution in [1.29, 1.82) is 0 Å². The van der Waals surface area contributed by atoms with Crippen molar-refractivity contribution in [2.45, 2.75) is 78.2 Å². The predicted molar refractivity (Wildman–Crippen MR) is 115 cm³/mol. The van der Waals surface area contributed by atoms with Gasteiger partial charge in [-0.15, -0.1) is 0 Å². The Kier molecular flexibility index (Phi) is 4.68. The van der Waals surface area contributed by atoms with E-state index in [-0.39, 0.29) is 22.9 Å². The summed E-state index contributed by atoms with van der Waals surface area (Å²) < 4.78 is 5.90. The number of ketones is 1. The fourth-order valence-electron chi connectivity index (χ4n) is 7.41. The highest BCUT2D eigenvalue weighted by molar-refractivity contribution is 5.89. The molecule has 4 aliphatic carbocycles. The number of carbonyl (C=O) groups excluding carboxylic acids is 2. The van der Waals surface area contributed by atoms with Gasteiger partial charge in [-0.25, -0.2) is 9.78 Å². The Morgan fingerprint density at radius 1 is 1.13 bits per heavy atom. The first kappa shape index (κ1) is 20.0. The van der Waals surface area contributed by atoms with Gasteiger partial charge in [0.15, 0.2) is 5.69 Å². The Hall–Kier alpha value is -1.97. The van der Waals surface area contributed by atoms with Crippen LogP contribution >= 0.6 is 0 Å². The highest BCUT2D eigenvalue weighted by Gasteiger charge is 2.58. The van der Waals surface area contributed by atoms with Gasteiger partial charge >= 0.3 is 5.97 Å². The number of nitrogens with zero attached hydrogens (tertiary/aromatic N) is 1. The molecule has 3 saturated carbocycles. The molecule has 3 fully saturated rings. The van der Waals surface area contributed by atoms with Gasteiger partial charge in [0, 0.05) is 24.5 Å². The number of hydrogen-bond donors (Lipinski definition) is 0. The zero-order chi connectivity index (χ0) is 21.1. The molecule has 1 aromatic rings. The molecule has 1 heterocycles. The highest BCUT2D eigenvalue weighted by atomic mass is 16.5. The van der Waals surface area contributed by atoms with Crippen molar-refractivity contribution in [3.05, 3.63) is 41.2 Å². The molecule has 5 rings (SSSR count). The Bertz CT molecular complexity index is 921. The SMILES string of the molecule is Cc1cccnc1C(=O)O[C@H]1CC[C@@]2(C)C(=CC[C@@H]3[C@@H]2CC[C@]2(C)C(=O)CC[C@@H]32)C1.